The molecular weight excluding hydrogens is 332 g/mol. The summed E-state index contributed by atoms with van der Waals surface area (Å²) >= 11 is 0. The van der Waals surface area contributed by atoms with E-state index in [2.05, 4.69) is 15.7 Å². The molecule has 2 atom stereocenters. The van der Waals surface area contributed by atoms with Crippen LogP contribution in [0.15, 0.2) is 35.4 Å². The zero-order valence-electron chi connectivity index (χ0n) is 15.9. The minimum atomic E-state index is -0.703. The molecule has 0 saturated carbocycles. The van der Waals surface area contributed by atoms with Crippen molar-refractivity contribution < 1.29 is 14.4 Å². The Morgan fingerprint density at radius 1 is 1.19 bits per heavy atom. The first-order valence-electron chi connectivity index (χ1n) is 8.63. The second-order valence-corrected chi connectivity index (χ2v) is 7.49. The van der Waals surface area contributed by atoms with Gasteiger partial charge in [-0.2, -0.15) is 5.10 Å². The van der Waals surface area contributed by atoms with Gasteiger partial charge < -0.3 is 10.6 Å². The first kappa shape index (κ1) is 19.6. The number of nitrogens with one attached hydrogen (secondary N) is 2. The number of hydrogen-bond acceptors (Lipinski definition) is 5. The summed E-state index contributed by atoms with van der Waals surface area (Å²) < 4.78 is 0. The molecule has 1 heterocycles. The molecule has 7 nitrogen and oxygen atoms in total. The highest BCUT2D eigenvalue weighted by Gasteiger charge is 2.35. The maximum atomic E-state index is 12.5. The second kappa shape index (κ2) is 7.68. The van der Waals surface area contributed by atoms with Gasteiger partial charge in [-0.1, -0.05) is 18.2 Å². The van der Waals surface area contributed by atoms with Crippen LogP contribution in [0.4, 0.5) is 5.69 Å². The molecule has 0 radical (unpaired) electrons. The summed E-state index contributed by atoms with van der Waals surface area (Å²) in [4.78, 5) is 36.6. The van der Waals surface area contributed by atoms with Crippen LogP contribution in [-0.4, -0.2) is 40.9 Å². The predicted octanol–water partition coefficient (Wildman–Crippen LogP) is 1.63. The number of carbonyl (C=O) groups is 3. The average molecular weight is 358 g/mol. The van der Waals surface area contributed by atoms with E-state index in [9.17, 15) is 14.4 Å². The van der Waals surface area contributed by atoms with Gasteiger partial charge in [0.05, 0.1) is 5.69 Å². The van der Waals surface area contributed by atoms with Crippen molar-refractivity contribution in [2.75, 3.05) is 5.01 Å². The van der Waals surface area contributed by atoms with Crippen molar-refractivity contribution in [2.45, 2.75) is 58.7 Å². The Labute approximate surface area is 153 Å². The first-order chi connectivity index (χ1) is 12.1. The lowest BCUT2D eigenvalue weighted by molar-refractivity contribution is -0.127. The number of nitrogens with zero attached hydrogens (tertiary/aromatic N) is 2. The van der Waals surface area contributed by atoms with E-state index in [0.29, 0.717) is 0 Å². The van der Waals surface area contributed by atoms with E-state index in [1.165, 1.54) is 6.92 Å². The Hall–Kier alpha value is -2.70. The lowest BCUT2D eigenvalue weighted by Gasteiger charge is -2.23. The molecule has 7 heteroatoms. The van der Waals surface area contributed by atoms with Crippen molar-refractivity contribution in [3.63, 3.8) is 0 Å². The average Bonchev–Trinajstić information content (AvgIpc) is 2.99. The molecule has 0 aliphatic carbocycles. The van der Waals surface area contributed by atoms with Crippen LogP contribution >= 0.6 is 0 Å². The van der Waals surface area contributed by atoms with Crippen molar-refractivity contribution >= 4 is 29.0 Å². The lowest BCUT2D eigenvalue weighted by Crippen LogP contribution is -2.51. The van der Waals surface area contributed by atoms with Gasteiger partial charge in [-0.3, -0.25) is 19.4 Å². The third kappa shape index (κ3) is 4.91. The molecule has 0 bridgehead atoms. The molecule has 1 aromatic rings. The molecule has 2 rings (SSSR count). The molecule has 0 aromatic heterocycles. The van der Waals surface area contributed by atoms with Gasteiger partial charge in [-0.25, -0.2) is 0 Å². The smallest absolute Gasteiger partial charge is 0.268 e. The monoisotopic (exact) mass is 358 g/mol. The van der Waals surface area contributed by atoms with Gasteiger partial charge in [-0.15, -0.1) is 0 Å². The molecule has 2 amide bonds. The molecule has 26 heavy (non-hydrogen) atoms. The van der Waals surface area contributed by atoms with Gasteiger partial charge >= 0.3 is 0 Å². The minimum Gasteiger partial charge on any atom is -0.350 e. The van der Waals surface area contributed by atoms with Crippen molar-refractivity contribution in [3.05, 3.63) is 30.3 Å². The van der Waals surface area contributed by atoms with Gasteiger partial charge in [0.15, 0.2) is 5.78 Å². The Morgan fingerprint density at radius 3 is 2.35 bits per heavy atom. The van der Waals surface area contributed by atoms with Crippen LogP contribution in [0, 0.1) is 0 Å². The SMILES string of the molecule is CC(=O)C1CC(C(=O)NC(C)C(=O)NC(C)(C)C)=NN1c1ccccc1. The van der Waals surface area contributed by atoms with Gasteiger partial charge in [-0.05, 0) is 46.8 Å². The summed E-state index contributed by atoms with van der Waals surface area (Å²) in [5.41, 5.74) is 0.601. The number of amides is 2. The zero-order chi connectivity index (χ0) is 19.5. The maximum Gasteiger partial charge on any atom is 0.268 e. The molecule has 1 aromatic carbocycles. The van der Waals surface area contributed by atoms with Crippen molar-refractivity contribution in [1.29, 1.82) is 0 Å². The molecule has 0 fully saturated rings. The lowest BCUT2D eigenvalue weighted by atomic mass is 10.1. The van der Waals surface area contributed by atoms with E-state index in [1.54, 1.807) is 11.9 Å². The Kier molecular flexibility index (Phi) is 5.79. The molecule has 1 aliphatic rings. The first-order valence-corrected chi connectivity index (χ1v) is 8.63. The molecule has 1 aliphatic heterocycles. The standard InChI is InChI=1S/C19H26N4O3/c1-12(17(25)21-19(3,4)5)20-18(26)15-11-16(13(2)24)23(22-15)14-9-7-6-8-10-14/h6-10,12,16H,11H2,1-5H3,(H,20,26)(H,21,25). The van der Waals surface area contributed by atoms with Crippen molar-refractivity contribution in [1.82, 2.24) is 10.6 Å². The van der Waals surface area contributed by atoms with Gasteiger partial charge in [0.25, 0.3) is 5.91 Å². The molecule has 0 spiro atoms. The maximum absolute atomic E-state index is 12.5. The van der Waals surface area contributed by atoms with E-state index in [0.717, 1.165) is 5.69 Å². The number of hydrazone groups is 1. The van der Waals surface area contributed by atoms with Crippen molar-refractivity contribution in [2.24, 2.45) is 5.10 Å². The fourth-order valence-corrected chi connectivity index (χ4v) is 2.61. The van der Waals surface area contributed by atoms with Gasteiger partial charge in [0.1, 0.15) is 17.8 Å². The number of Topliss-reactive ketones (excluding diaryl/α,β-unsaturated/α-hetero) is 1. The van der Waals surface area contributed by atoms with Gasteiger partial charge in [0, 0.05) is 12.0 Å². The molecule has 2 N–H and O–H groups in total. The van der Waals surface area contributed by atoms with E-state index >= 15 is 0 Å². The number of ketones is 1. The fraction of sp³-hybridized carbons (Fsp3) is 0.474. The molecule has 140 valence electrons. The third-order valence-corrected chi connectivity index (χ3v) is 3.90. The Balaban J connectivity index is 2.11. The van der Waals surface area contributed by atoms with Crippen LogP contribution in [0.25, 0.3) is 0 Å². The highest BCUT2D eigenvalue weighted by atomic mass is 16.2. The normalized spacial score (nSPS) is 18.1. The van der Waals surface area contributed by atoms with Crippen LogP contribution in [0.5, 0.6) is 0 Å². The van der Waals surface area contributed by atoms with Crippen LogP contribution < -0.4 is 15.6 Å². The summed E-state index contributed by atoms with van der Waals surface area (Å²) in [7, 11) is 0. The summed E-state index contributed by atoms with van der Waals surface area (Å²) in [6.45, 7) is 8.71. The topological polar surface area (TPSA) is 90.9 Å². The summed E-state index contributed by atoms with van der Waals surface area (Å²) in [6.07, 6.45) is 0.212. The highest BCUT2D eigenvalue weighted by Crippen LogP contribution is 2.25. The van der Waals surface area contributed by atoms with E-state index in [4.69, 9.17) is 0 Å². The second-order valence-electron chi connectivity index (χ2n) is 7.49. The molecular formula is C19H26N4O3. The van der Waals surface area contributed by atoms with Crippen LogP contribution in [0.3, 0.4) is 0 Å². The Morgan fingerprint density at radius 2 is 1.81 bits per heavy atom. The quantitative estimate of drug-likeness (QED) is 0.837. The van der Waals surface area contributed by atoms with Crippen molar-refractivity contribution in [3.8, 4) is 0 Å². The fourth-order valence-electron chi connectivity index (χ4n) is 2.61. The van der Waals surface area contributed by atoms with E-state index in [-0.39, 0.29) is 29.4 Å². The third-order valence-electron chi connectivity index (χ3n) is 3.90. The predicted molar refractivity (Wildman–Crippen MR) is 101 cm³/mol. The number of para-hydroxylation sites is 1. The summed E-state index contributed by atoms with van der Waals surface area (Å²) in [5, 5.41) is 11.4. The van der Waals surface area contributed by atoms with Crippen LogP contribution in [0.2, 0.25) is 0 Å². The largest absolute Gasteiger partial charge is 0.350 e. The molecule has 0 saturated heterocycles. The zero-order valence-corrected chi connectivity index (χ0v) is 15.9. The van der Waals surface area contributed by atoms with Gasteiger partial charge in [0.2, 0.25) is 5.91 Å². The highest BCUT2D eigenvalue weighted by molar-refractivity contribution is 6.40. The van der Waals surface area contributed by atoms with Crippen LogP contribution in [0.1, 0.15) is 41.0 Å². The number of hydrogen-bond donors (Lipinski definition) is 2. The number of rotatable bonds is 5. The number of carbonyl (C=O) groups excluding carboxylic acids is 3. The summed E-state index contributed by atoms with van der Waals surface area (Å²) in [5.74, 6) is -0.780. The van der Waals surface area contributed by atoms with E-state index < -0.39 is 18.0 Å². The molecule has 2 unspecified atom stereocenters. The van der Waals surface area contributed by atoms with E-state index in [1.807, 2.05) is 51.1 Å². The Bertz CT molecular complexity index is 722. The number of anilines is 1. The number of benzene rings is 1. The van der Waals surface area contributed by atoms with Crippen LogP contribution in [-0.2, 0) is 14.4 Å². The summed E-state index contributed by atoms with van der Waals surface area (Å²) in [6, 6.07) is 8.01. The minimum absolute atomic E-state index is 0.0704.